The second-order valence-corrected chi connectivity index (χ2v) is 8.17. The predicted molar refractivity (Wildman–Crippen MR) is 128 cm³/mol. The number of carbonyl (C=O) groups is 1. The fraction of sp³-hybridized carbons (Fsp3) is 0.217. The summed E-state index contributed by atoms with van der Waals surface area (Å²) < 4.78 is 12.1. The molecule has 0 aliphatic rings. The molecule has 4 aromatic rings. The third-order valence-electron chi connectivity index (χ3n) is 5.31. The summed E-state index contributed by atoms with van der Waals surface area (Å²) in [6.07, 6.45) is 1.87. The SMILES string of the molecule is COc1ccc(-c2noc(-c3c(SC)nn(CC(=O)Nc4cccc(C)c4C)c3N)n2)cc1. The fourth-order valence-electron chi connectivity index (χ4n) is 3.31. The number of nitrogens with two attached hydrogens (primary N) is 1. The van der Waals surface area contributed by atoms with Gasteiger partial charge in [-0.3, -0.25) is 4.79 Å². The standard InChI is InChI=1S/C23H24N6O3S/c1-13-6-5-7-17(14(13)2)25-18(30)12-29-20(24)19(23(27-29)33-4)22-26-21(28-32-22)15-8-10-16(31-3)11-9-15/h5-11H,12,24H2,1-4H3,(H,25,30). The Morgan fingerprint density at radius 3 is 2.67 bits per heavy atom. The lowest BCUT2D eigenvalue weighted by molar-refractivity contribution is -0.116. The smallest absolute Gasteiger partial charge is 0.264 e. The molecule has 3 N–H and O–H groups in total. The number of hydrogen-bond donors (Lipinski definition) is 2. The van der Waals surface area contributed by atoms with Gasteiger partial charge in [0.05, 0.1) is 7.11 Å². The van der Waals surface area contributed by atoms with E-state index in [0.717, 1.165) is 28.1 Å². The zero-order valence-electron chi connectivity index (χ0n) is 18.7. The van der Waals surface area contributed by atoms with Crippen LogP contribution in [0.1, 0.15) is 11.1 Å². The number of ether oxygens (including phenoxy) is 1. The van der Waals surface area contributed by atoms with Gasteiger partial charge < -0.3 is 20.3 Å². The van der Waals surface area contributed by atoms with E-state index in [-0.39, 0.29) is 24.2 Å². The van der Waals surface area contributed by atoms with Crippen LogP contribution in [0.25, 0.3) is 22.8 Å². The van der Waals surface area contributed by atoms with Gasteiger partial charge in [0.25, 0.3) is 5.89 Å². The number of carbonyl (C=O) groups excluding carboxylic acids is 1. The molecule has 0 radical (unpaired) electrons. The minimum Gasteiger partial charge on any atom is -0.497 e. The van der Waals surface area contributed by atoms with Crippen molar-refractivity contribution in [3.8, 4) is 28.6 Å². The highest BCUT2D eigenvalue weighted by Crippen LogP contribution is 2.35. The second-order valence-electron chi connectivity index (χ2n) is 7.37. The molecule has 2 aromatic carbocycles. The molecule has 1 amide bonds. The highest BCUT2D eigenvalue weighted by Gasteiger charge is 2.24. The van der Waals surface area contributed by atoms with E-state index in [1.165, 1.54) is 16.4 Å². The average molecular weight is 465 g/mol. The molecule has 0 aliphatic heterocycles. The number of nitrogens with one attached hydrogen (secondary N) is 1. The minimum absolute atomic E-state index is 0.0494. The van der Waals surface area contributed by atoms with E-state index in [4.69, 9.17) is 15.0 Å². The third-order valence-corrected chi connectivity index (χ3v) is 5.99. The minimum atomic E-state index is -0.235. The van der Waals surface area contributed by atoms with Crippen LogP contribution in [-0.2, 0) is 11.3 Å². The van der Waals surface area contributed by atoms with Crippen molar-refractivity contribution in [1.82, 2.24) is 19.9 Å². The molecule has 170 valence electrons. The largest absolute Gasteiger partial charge is 0.497 e. The van der Waals surface area contributed by atoms with Crippen LogP contribution in [-0.4, -0.2) is 39.2 Å². The number of benzene rings is 2. The van der Waals surface area contributed by atoms with Crippen LogP contribution < -0.4 is 15.8 Å². The number of thioether (sulfide) groups is 1. The Kier molecular flexibility index (Phi) is 6.36. The molecule has 33 heavy (non-hydrogen) atoms. The summed E-state index contributed by atoms with van der Waals surface area (Å²) in [5.74, 6) is 1.43. The van der Waals surface area contributed by atoms with E-state index in [2.05, 4.69) is 20.6 Å². The van der Waals surface area contributed by atoms with Gasteiger partial charge in [-0.15, -0.1) is 11.8 Å². The zero-order chi connectivity index (χ0) is 23.5. The maximum absolute atomic E-state index is 12.7. The number of methoxy groups -OCH3 is 1. The molecule has 0 unspecified atom stereocenters. The number of rotatable bonds is 7. The Morgan fingerprint density at radius 1 is 1.21 bits per heavy atom. The maximum atomic E-state index is 12.7. The number of nitrogen functional groups attached to an aromatic ring is 1. The van der Waals surface area contributed by atoms with E-state index in [1.807, 2.05) is 62.6 Å². The van der Waals surface area contributed by atoms with Crippen molar-refractivity contribution in [2.24, 2.45) is 0 Å². The van der Waals surface area contributed by atoms with E-state index in [0.29, 0.717) is 16.4 Å². The van der Waals surface area contributed by atoms with Crippen LogP contribution in [0, 0.1) is 13.8 Å². The van der Waals surface area contributed by atoms with Gasteiger partial charge in [0.15, 0.2) is 0 Å². The van der Waals surface area contributed by atoms with Crippen LogP contribution in [0.15, 0.2) is 52.0 Å². The monoisotopic (exact) mass is 464 g/mol. The lowest BCUT2D eigenvalue weighted by atomic mass is 10.1. The summed E-state index contributed by atoms with van der Waals surface area (Å²) >= 11 is 1.38. The van der Waals surface area contributed by atoms with Crippen LogP contribution in [0.5, 0.6) is 5.75 Å². The normalized spacial score (nSPS) is 10.9. The van der Waals surface area contributed by atoms with Crippen molar-refractivity contribution in [2.45, 2.75) is 25.4 Å². The van der Waals surface area contributed by atoms with Gasteiger partial charge in [-0.25, -0.2) is 4.68 Å². The van der Waals surface area contributed by atoms with Crippen molar-refractivity contribution in [3.05, 3.63) is 53.6 Å². The lowest BCUT2D eigenvalue weighted by Gasteiger charge is -2.11. The quantitative estimate of drug-likeness (QED) is 0.391. The molecule has 0 bridgehead atoms. The first-order valence-electron chi connectivity index (χ1n) is 10.2. The van der Waals surface area contributed by atoms with E-state index >= 15 is 0 Å². The van der Waals surface area contributed by atoms with Gasteiger partial charge in [0, 0.05) is 11.3 Å². The van der Waals surface area contributed by atoms with Crippen molar-refractivity contribution >= 4 is 29.2 Å². The summed E-state index contributed by atoms with van der Waals surface area (Å²) in [7, 11) is 1.61. The first-order valence-corrected chi connectivity index (χ1v) is 11.4. The molecule has 10 heteroatoms. The molecule has 0 saturated heterocycles. The molecule has 2 heterocycles. The summed E-state index contributed by atoms with van der Waals surface area (Å²) in [4.78, 5) is 17.2. The zero-order valence-corrected chi connectivity index (χ0v) is 19.6. The van der Waals surface area contributed by atoms with Crippen molar-refractivity contribution in [1.29, 1.82) is 0 Å². The summed E-state index contributed by atoms with van der Waals surface area (Å²) in [5, 5.41) is 12.1. The molecule has 4 rings (SSSR count). The van der Waals surface area contributed by atoms with E-state index < -0.39 is 0 Å². The molecular formula is C23H24N6O3S. The molecule has 9 nitrogen and oxygen atoms in total. The van der Waals surface area contributed by atoms with Gasteiger partial charge in [0.2, 0.25) is 11.7 Å². The number of anilines is 2. The molecule has 0 aliphatic carbocycles. The molecule has 2 aromatic heterocycles. The van der Waals surface area contributed by atoms with Gasteiger partial charge in [-0.1, -0.05) is 17.3 Å². The molecule has 0 atom stereocenters. The van der Waals surface area contributed by atoms with Crippen LogP contribution in [0.4, 0.5) is 11.5 Å². The first-order chi connectivity index (χ1) is 15.9. The lowest BCUT2D eigenvalue weighted by Crippen LogP contribution is -2.21. The predicted octanol–water partition coefficient (Wildman–Crippen LogP) is 4.17. The average Bonchev–Trinajstić information content (AvgIpc) is 3.41. The Morgan fingerprint density at radius 2 is 1.97 bits per heavy atom. The van der Waals surface area contributed by atoms with Gasteiger partial charge >= 0.3 is 0 Å². The Bertz CT molecular complexity index is 1300. The summed E-state index contributed by atoms with van der Waals surface area (Å²) in [5.41, 5.74) is 10.5. The third kappa shape index (κ3) is 4.56. The van der Waals surface area contributed by atoms with Gasteiger partial charge in [0.1, 0.15) is 28.7 Å². The number of hydrogen-bond acceptors (Lipinski definition) is 8. The van der Waals surface area contributed by atoms with Gasteiger partial charge in [-0.2, -0.15) is 10.1 Å². The van der Waals surface area contributed by atoms with Gasteiger partial charge in [-0.05, 0) is 61.6 Å². The highest BCUT2D eigenvalue weighted by molar-refractivity contribution is 7.98. The maximum Gasteiger partial charge on any atom is 0.264 e. The molecular weight excluding hydrogens is 440 g/mol. The van der Waals surface area contributed by atoms with Crippen LogP contribution in [0.2, 0.25) is 0 Å². The number of aryl methyl sites for hydroxylation is 1. The molecule has 0 fully saturated rings. The highest BCUT2D eigenvalue weighted by atomic mass is 32.2. The van der Waals surface area contributed by atoms with Crippen LogP contribution in [0.3, 0.4) is 0 Å². The number of amides is 1. The van der Waals surface area contributed by atoms with Crippen molar-refractivity contribution in [3.63, 3.8) is 0 Å². The Labute approximate surface area is 195 Å². The van der Waals surface area contributed by atoms with Crippen LogP contribution >= 0.6 is 11.8 Å². The molecule has 0 saturated carbocycles. The molecule has 0 spiro atoms. The topological polar surface area (TPSA) is 121 Å². The summed E-state index contributed by atoms with van der Waals surface area (Å²) in [6.45, 7) is 3.91. The summed E-state index contributed by atoms with van der Waals surface area (Å²) in [6, 6.07) is 13.1. The van der Waals surface area contributed by atoms with E-state index in [1.54, 1.807) is 7.11 Å². The Hall–Kier alpha value is -3.79. The number of nitrogens with zero attached hydrogens (tertiary/aromatic N) is 4. The Balaban J connectivity index is 1.58. The van der Waals surface area contributed by atoms with Crippen molar-refractivity contribution < 1.29 is 14.1 Å². The van der Waals surface area contributed by atoms with Crippen molar-refractivity contribution in [2.75, 3.05) is 24.4 Å². The second kappa shape index (κ2) is 9.37. The first kappa shape index (κ1) is 22.4. The van der Waals surface area contributed by atoms with E-state index in [9.17, 15) is 4.79 Å². The number of aromatic nitrogens is 4. The fourth-order valence-corrected chi connectivity index (χ4v) is 3.89.